The largest absolute Gasteiger partial charge is 0.377 e. The summed E-state index contributed by atoms with van der Waals surface area (Å²) in [6.45, 7) is 4.36. The molecule has 0 aromatic heterocycles. The molecule has 6 nitrogen and oxygen atoms in total. The van der Waals surface area contributed by atoms with Crippen LogP contribution in [0.15, 0.2) is 20.4 Å². The zero-order valence-electron chi connectivity index (χ0n) is 12.4. The lowest BCUT2D eigenvalue weighted by molar-refractivity contribution is 0.389. The van der Waals surface area contributed by atoms with Crippen molar-refractivity contribution in [2.24, 2.45) is 37.3 Å². The lowest BCUT2D eigenvalue weighted by Gasteiger charge is -2.30. The summed E-state index contributed by atoms with van der Waals surface area (Å²) in [4.78, 5) is 0. The van der Waals surface area contributed by atoms with Crippen LogP contribution in [0.3, 0.4) is 0 Å². The summed E-state index contributed by atoms with van der Waals surface area (Å²) in [6.07, 6.45) is 6.20. The highest BCUT2D eigenvalue weighted by molar-refractivity contribution is 8.13. The molecule has 0 atom stereocenters. The first-order valence-electron chi connectivity index (χ1n) is 6.22. The van der Waals surface area contributed by atoms with Crippen molar-refractivity contribution in [1.82, 2.24) is 0 Å². The third-order valence-corrected chi connectivity index (χ3v) is 3.77. The molecule has 1 aliphatic rings. The van der Waals surface area contributed by atoms with Gasteiger partial charge in [0.25, 0.3) is 0 Å². The Bertz CT molecular complexity index is 425. The minimum Gasteiger partial charge on any atom is -0.377 e. The second kappa shape index (κ2) is 7.68. The van der Waals surface area contributed by atoms with Crippen LogP contribution in [0.4, 0.5) is 0 Å². The van der Waals surface area contributed by atoms with E-state index in [-0.39, 0.29) is 5.41 Å². The number of nitrogens with zero attached hydrogens (tertiary/aromatic N) is 4. The van der Waals surface area contributed by atoms with Gasteiger partial charge in [0.2, 0.25) is 0 Å². The molecule has 0 bridgehead atoms. The number of hydrogen-bond donors (Lipinski definition) is 2. The van der Waals surface area contributed by atoms with Crippen molar-refractivity contribution < 1.29 is 0 Å². The highest BCUT2D eigenvalue weighted by Gasteiger charge is 2.29. The van der Waals surface area contributed by atoms with E-state index in [4.69, 9.17) is 11.5 Å². The quantitative estimate of drug-likeness (QED) is 0.463. The number of thioether (sulfide) groups is 2. The van der Waals surface area contributed by atoms with Crippen molar-refractivity contribution >= 4 is 45.3 Å². The fourth-order valence-electron chi connectivity index (χ4n) is 1.99. The van der Waals surface area contributed by atoms with Crippen LogP contribution < -0.4 is 11.5 Å². The lowest BCUT2D eigenvalue weighted by Crippen LogP contribution is -2.29. The minimum atomic E-state index is 0.100. The van der Waals surface area contributed by atoms with Gasteiger partial charge in [0, 0.05) is 17.8 Å². The summed E-state index contributed by atoms with van der Waals surface area (Å²) in [5.74, 6) is 0. The molecule has 0 aromatic rings. The molecule has 0 radical (unpaired) electrons. The van der Waals surface area contributed by atoms with E-state index in [1.54, 1.807) is 0 Å². The third kappa shape index (κ3) is 5.96. The van der Waals surface area contributed by atoms with E-state index in [1.165, 1.54) is 23.5 Å². The molecule has 112 valence electrons. The molecule has 4 N–H and O–H groups in total. The van der Waals surface area contributed by atoms with E-state index in [1.807, 2.05) is 12.5 Å². The Hall–Kier alpha value is -1.02. The second-order valence-corrected chi connectivity index (χ2v) is 6.96. The highest BCUT2D eigenvalue weighted by Crippen LogP contribution is 2.32. The van der Waals surface area contributed by atoms with Gasteiger partial charge in [-0.3, -0.25) is 0 Å². The first kappa shape index (κ1) is 17.0. The van der Waals surface area contributed by atoms with Crippen molar-refractivity contribution in [3.05, 3.63) is 0 Å². The van der Waals surface area contributed by atoms with Crippen molar-refractivity contribution in [1.29, 1.82) is 0 Å². The van der Waals surface area contributed by atoms with Gasteiger partial charge in [0.05, 0.1) is 0 Å². The van der Waals surface area contributed by atoms with E-state index in [0.29, 0.717) is 16.8 Å². The predicted molar refractivity (Wildman–Crippen MR) is 92.8 cm³/mol. The van der Waals surface area contributed by atoms with Crippen LogP contribution in [0.1, 0.15) is 33.1 Å². The molecular formula is C12H22N6S2. The van der Waals surface area contributed by atoms with Gasteiger partial charge in [-0.1, -0.05) is 37.4 Å². The Morgan fingerprint density at radius 1 is 0.950 bits per heavy atom. The van der Waals surface area contributed by atoms with Crippen molar-refractivity contribution in [2.75, 3.05) is 12.5 Å². The Labute approximate surface area is 128 Å². The van der Waals surface area contributed by atoms with Gasteiger partial charge in [-0.25, -0.2) is 0 Å². The highest BCUT2D eigenvalue weighted by atomic mass is 32.2. The second-order valence-electron chi connectivity index (χ2n) is 5.31. The molecule has 1 saturated carbocycles. The third-order valence-electron chi connectivity index (χ3n) is 2.77. The number of nitrogens with two attached hydrogens (primary N) is 2. The molecule has 1 aliphatic carbocycles. The molecule has 0 amide bonds. The molecule has 0 aliphatic heterocycles. The van der Waals surface area contributed by atoms with Crippen LogP contribution in [0, 0.1) is 5.41 Å². The molecule has 1 rings (SSSR count). The van der Waals surface area contributed by atoms with Crippen LogP contribution in [0.5, 0.6) is 0 Å². The van der Waals surface area contributed by atoms with Gasteiger partial charge >= 0.3 is 0 Å². The van der Waals surface area contributed by atoms with E-state index in [2.05, 4.69) is 34.3 Å². The van der Waals surface area contributed by atoms with Crippen LogP contribution in [0.25, 0.3) is 0 Å². The normalized spacial score (nSPS) is 24.4. The van der Waals surface area contributed by atoms with E-state index < -0.39 is 0 Å². The molecule has 0 heterocycles. The molecule has 0 aromatic carbocycles. The lowest BCUT2D eigenvalue weighted by atomic mass is 9.75. The summed E-state index contributed by atoms with van der Waals surface area (Å²) in [6, 6.07) is 0. The van der Waals surface area contributed by atoms with Gasteiger partial charge in [0.15, 0.2) is 10.3 Å². The summed E-state index contributed by atoms with van der Waals surface area (Å²) in [7, 11) is 0. The molecule has 20 heavy (non-hydrogen) atoms. The predicted octanol–water partition coefficient (Wildman–Crippen LogP) is 2.26. The van der Waals surface area contributed by atoms with Crippen molar-refractivity contribution in [3.63, 3.8) is 0 Å². The van der Waals surface area contributed by atoms with Gasteiger partial charge in [-0.15, -0.1) is 10.2 Å². The van der Waals surface area contributed by atoms with Crippen LogP contribution in [-0.4, -0.2) is 34.3 Å². The zero-order valence-corrected chi connectivity index (χ0v) is 14.0. The first-order valence-corrected chi connectivity index (χ1v) is 8.67. The Kier molecular flexibility index (Phi) is 6.54. The maximum absolute atomic E-state index is 5.64. The standard InChI is InChI=1S/C12H22N6S2/c1-12(2)6-8(15-17-10(13)19-3)5-9(7-12)16-18-11(14)20-4/h5-7H2,1-4H3,(H2,13,17)(H2,14,18)/b15-8+,16-9+. The van der Waals surface area contributed by atoms with E-state index >= 15 is 0 Å². The Morgan fingerprint density at radius 3 is 1.70 bits per heavy atom. The monoisotopic (exact) mass is 314 g/mol. The Morgan fingerprint density at radius 2 is 1.35 bits per heavy atom. The van der Waals surface area contributed by atoms with Crippen molar-refractivity contribution in [3.8, 4) is 0 Å². The summed E-state index contributed by atoms with van der Waals surface area (Å²) >= 11 is 2.76. The molecule has 0 unspecified atom stereocenters. The average molecular weight is 314 g/mol. The minimum absolute atomic E-state index is 0.100. The van der Waals surface area contributed by atoms with Crippen molar-refractivity contribution in [2.45, 2.75) is 33.1 Å². The van der Waals surface area contributed by atoms with Gasteiger partial charge in [-0.2, -0.15) is 10.2 Å². The topological polar surface area (TPSA) is 101 Å². The fraction of sp³-hybridized carbons (Fsp3) is 0.667. The van der Waals surface area contributed by atoms with Crippen LogP contribution >= 0.6 is 23.5 Å². The number of amidine groups is 2. The summed E-state index contributed by atoms with van der Waals surface area (Å²) in [5, 5.41) is 17.4. The fourth-order valence-corrected chi connectivity index (χ4v) is 2.24. The maximum atomic E-state index is 5.64. The number of rotatable bonds is 2. The SMILES string of the molecule is CS/C(N)=N/N=C1\C/C(=N\N=C(/N)SC)CC(C)(C)C1. The van der Waals surface area contributed by atoms with E-state index in [9.17, 15) is 0 Å². The molecule has 0 saturated heterocycles. The van der Waals surface area contributed by atoms with Crippen LogP contribution in [-0.2, 0) is 0 Å². The molecule has 8 heteroatoms. The number of hydrogen-bond acceptors (Lipinski definition) is 6. The van der Waals surface area contributed by atoms with Gasteiger partial charge in [-0.05, 0) is 30.8 Å². The Balaban J connectivity index is 2.91. The molecule has 0 spiro atoms. The molecule has 1 fully saturated rings. The smallest absolute Gasteiger partial charge is 0.180 e. The zero-order chi connectivity index (χ0) is 15.2. The maximum Gasteiger partial charge on any atom is 0.180 e. The van der Waals surface area contributed by atoms with Gasteiger partial charge in [0.1, 0.15) is 0 Å². The summed E-state index contributed by atoms with van der Waals surface area (Å²) in [5.41, 5.74) is 13.3. The summed E-state index contributed by atoms with van der Waals surface area (Å²) < 4.78 is 0. The van der Waals surface area contributed by atoms with Gasteiger partial charge < -0.3 is 11.5 Å². The first-order chi connectivity index (χ1) is 9.36. The average Bonchev–Trinajstić information content (AvgIpc) is 2.40. The van der Waals surface area contributed by atoms with Crippen LogP contribution in [0.2, 0.25) is 0 Å². The molecular weight excluding hydrogens is 292 g/mol. The van der Waals surface area contributed by atoms with E-state index in [0.717, 1.165) is 24.3 Å².